The maximum atomic E-state index is 12.9. The van der Waals surface area contributed by atoms with Crippen LogP contribution in [0.2, 0.25) is 5.02 Å². The summed E-state index contributed by atoms with van der Waals surface area (Å²) in [5, 5.41) is 10.6. The largest absolute Gasteiger partial charge is 0.459 e. The zero-order valence-electron chi connectivity index (χ0n) is 19.1. The second-order valence-corrected chi connectivity index (χ2v) is 8.58. The number of carbonyl (C=O) groups excluding carboxylic acids is 1. The molecule has 4 rings (SSSR count). The molecular weight excluding hydrogens is 454 g/mol. The van der Waals surface area contributed by atoms with Crippen LogP contribution in [0.5, 0.6) is 0 Å². The van der Waals surface area contributed by atoms with Crippen LogP contribution in [0.25, 0.3) is 11.0 Å². The fraction of sp³-hybridized carbons (Fsp3) is 0.360. The van der Waals surface area contributed by atoms with Gasteiger partial charge in [-0.1, -0.05) is 29.8 Å². The van der Waals surface area contributed by atoms with Crippen molar-refractivity contribution in [1.29, 1.82) is 5.26 Å². The van der Waals surface area contributed by atoms with E-state index in [4.69, 9.17) is 31.0 Å². The molecule has 3 aromatic rings. The van der Waals surface area contributed by atoms with Gasteiger partial charge in [0, 0.05) is 44.0 Å². The lowest BCUT2D eigenvalue weighted by Crippen LogP contribution is -2.47. The Morgan fingerprint density at radius 1 is 1.09 bits per heavy atom. The highest BCUT2D eigenvalue weighted by Gasteiger charge is 2.32. The van der Waals surface area contributed by atoms with Crippen molar-refractivity contribution >= 4 is 40.1 Å². The van der Waals surface area contributed by atoms with Crippen molar-refractivity contribution in [2.24, 2.45) is 0 Å². The number of hydrogen-bond donors (Lipinski definition) is 0. The molecular formula is C25H26ClN5O3. The van der Waals surface area contributed by atoms with Crippen LogP contribution in [-0.4, -0.2) is 61.9 Å². The number of benzene rings is 2. The van der Waals surface area contributed by atoms with Gasteiger partial charge >= 0.3 is 5.97 Å². The number of piperazine rings is 1. The van der Waals surface area contributed by atoms with Crippen LogP contribution in [0.3, 0.4) is 0 Å². The molecule has 9 heteroatoms. The molecule has 1 saturated heterocycles. The third kappa shape index (κ3) is 5.22. The molecule has 0 aliphatic carbocycles. The Kier molecular flexibility index (Phi) is 7.46. The Labute approximate surface area is 203 Å². The Hall–Kier alpha value is -3.41. The van der Waals surface area contributed by atoms with E-state index in [9.17, 15) is 10.1 Å². The van der Waals surface area contributed by atoms with E-state index < -0.39 is 18.0 Å². The molecule has 1 aromatic heterocycles. The highest BCUT2D eigenvalue weighted by Crippen LogP contribution is 2.30. The van der Waals surface area contributed by atoms with Crippen molar-refractivity contribution in [3.63, 3.8) is 0 Å². The normalized spacial score (nSPS) is 15.6. The number of fused-ring (bicyclic) bond motifs is 1. The first-order valence-corrected chi connectivity index (χ1v) is 11.5. The molecule has 176 valence electrons. The molecule has 2 atom stereocenters. The smallest absolute Gasteiger partial charge is 0.330 e. The van der Waals surface area contributed by atoms with Crippen molar-refractivity contribution < 1.29 is 14.3 Å². The monoisotopic (exact) mass is 479 g/mol. The fourth-order valence-corrected chi connectivity index (χ4v) is 4.23. The summed E-state index contributed by atoms with van der Waals surface area (Å²) in [6, 6.07) is 17.3. The number of halogens is 1. The van der Waals surface area contributed by atoms with E-state index in [1.165, 1.54) is 7.11 Å². The molecule has 1 aliphatic rings. The molecule has 8 nitrogen and oxygen atoms in total. The summed E-state index contributed by atoms with van der Waals surface area (Å²) in [5.74, 6) is -1.32. The molecule has 0 spiro atoms. The highest BCUT2D eigenvalue weighted by atomic mass is 35.5. The summed E-state index contributed by atoms with van der Waals surface area (Å²) < 4.78 is 10.5. The van der Waals surface area contributed by atoms with Gasteiger partial charge in [-0.25, -0.2) is 9.97 Å². The maximum Gasteiger partial charge on any atom is 0.330 e. The first-order valence-electron chi connectivity index (χ1n) is 11.1. The Morgan fingerprint density at radius 2 is 1.76 bits per heavy atom. The van der Waals surface area contributed by atoms with E-state index in [2.05, 4.69) is 15.9 Å². The topological polar surface area (TPSA) is 91.6 Å². The summed E-state index contributed by atoms with van der Waals surface area (Å²) in [4.78, 5) is 26.7. The molecule has 0 saturated carbocycles. The Bertz CT molecular complexity index is 1210. The van der Waals surface area contributed by atoms with E-state index in [1.54, 1.807) is 6.92 Å². The third-order valence-electron chi connectivity index (χ3n) is 5.69. The molecule has 0 amide bonds. The predicted molar refractivity (Wildman–Crippen MR) is 131 cm³/mol. The van der Waals surface area contributed by atoms with Crippen LogP contribution in [-0.2, 0) is 14.3 Å². The van der Waals surface area contributed by atoms with Gasteiger partial charge < -0.3 is 19.3 Å². The lowest BCUT2D eigenvalue weighted by molar-refractivity contribution is -0.150. The van der Waals surface area contributed by atoms with Crippen LogP contribution in [0, 0.1) is 11.3 Å². The van der Waals surface area contributed by atoms with Gasteiger partial charge in [-0.3, -0.25) is 4.79 Å². The minimum Gasteiger partial charge on any atom is -0.459 e. The molecule has 0 bridgehead atoms. The molecule has 34 heavy (non-hydrogen) atoms. The van der Waals surface area contributed by atoms with Crippen LogP contribution in [0.15, 0.2) is 48.5 Å². The van der Waals surface area contributed by atoms with Gasteiger partial charge in [-0.15, -0.1) is 0 Å². The first-order chi connectivity index (χ1) is 16.5. The first kappa shape index (κ1) is 23.7. The van der Waals surface area contributed by atoms with E-state index in [-0.39, 0.29) is 6.61 Å². The molecule has 2 aromatic carbocycles. The Morgan fingerprint density at radius 3 is 2.41 bits per heavy atom. The van der Waals surface area contributed by atoms with Crippen molar-refractivity contribution in [3.8, 4) is 6.07 Å². The minimum atomic E-state index is -1.20. The van der Waals surface area contributed by atoms with Crippen molar-refractivity contribution in [1.82, 2.24) is 9.97 Å². The molecule has 0 unspecified atom stereocenters. The summed E-state index contributed by atoms with van der Waals surface area (Å²) in [7, 11) is 1.53. The van der Waals surface area contributed by atoms with Gasteiger partial charge in [0.1, 0.15) is 11.8 Å². The van der Waals surface area contributed by atoms with E-state index in [0.717, 1.165) is 18.8 Å². The number of ether oxygens (including phenoxy) is 2. The SMILES string of the molecule is COC[C@@H](C)OC(=O)[C@@H](C#N)c1nc2ccccc2nc1N1CCN(c2cccc(Cl)c2)CC1. The van der Waals surface area contributed by atoms with Crippen molar-refractivity contribution in [3.05, 3.63) is 59.2 Å². The third-order valence-corrected chi connectivity index (χ3v) is 5.92. The van der Waals surface area contributed by atoms with Crippen LogP contribution >= 0.6 is 11.6 Å². The van der Waals surface area contributed by atoms with Gasteiger partial charge in [-0.05, 0) is 37.3 Å². The number of para-hydroxylation sites is 2. The van der Waals surface area contributed by atoms with Crippen molar-refractivity contribution in [2.75, 3.05) is 49.7 Å². The average Bonchev–Trinajstić information content (AvgIpc) is 2.84. The summed E-state index contributed by atoms with van der Waals surface area (Å²) in [6.07, 6.45) is -0.480. The number of nitriles is 1. The van der Waals surface area contributed by atoms with Crippen LogP contribution < -0.4 is 9.80 Å². The lowest BCUT2D eigenvalue weighted by atomic mass is 10.1. The second kappa shape index (κ2) is 10.7. The average molecular weight is 480 g/mol. The van der Waals surface area contributed by atoms with Gasteiger partial charge in [-0.2, -0.15) is 5.26 Å². The number of methoxy groups -OCH3 is 1. The summed E-state index contributed by atoms with van der Waals surface area (Å²) in [5.41, 5.74) is 2.70. The zero-order chi connectivity index (χ0) is 24.1. The molecule has 0 radical (unpaired) electrons. The van der Waals surface area contributed by atoms with Gasteiger partial charge in [0.15, 0.2) is 11.7 Å². The van der Waals surface area contributed by atoms with Crippen molar-refractivity contribution in [2.45, 2.75) is 18.9 Å². The maximum absolute atomic E-state index is 12.9. The quantitative estimate of drug-likeness (QED) is 0.472. The van der Waals surface area contributed by atoms with Gasteiger partial charge in [0.05, 0.1) is 23.7 Å². The molecule has 2 heterocycles. The number of aromatic nitrogens is 2. The highest BCUT2D eigenvalue weighted by molar-refractivity contribution is 6.30. The number of hydrogen-bond acceptors (Lipinski definition) is 8. The molecule has 0 N–H and O–H groups in total. The standard InChI is InChI=1S/C25H26ClN5O3/c1-17(16-33-2)34-25(32)20(15-27)23-24(29-22-9-4-3-8-21(22)28-23)31-12-10-30(11-13-31)19-7-5-6-18(26)14-19/h3-9,14,17,20H,10-13,16H2,1-2H3/t17-,20+/m1/s1. The number of esters is 1. The number of anilines is 2. The Balaban J connectivity index is 1.63. The van der Waals surface area contributed by atoms with Crippen LogP contribution in [0.4, 0.5) is 11.5 Å². The minimum absolute atomic E-state index is 0.242. The predicted octanol–water partition coefficient (Wildman–Crippen LogP) is 3.80. The van der Waals surface area contributed by atoms with Gasteiger partial charge in [0.2, 0.25) is 0 Å². The summed E-state index contributed by atoms with van der Waals surface area (Å²) >= 11 is 6.16. The van der Waals surface area contributed by atoms with Crippen LogP contribution in [0.1, 0.15) is 18.5 Å². The van der Waals surface area contributed by atoms with E-state index in [0.29, 0.717) is 40.7 Å². The lowest BCUT2D eigenvalue weighted by Gasteiger charge is -2.37. The molecule has 1 aliphatic heterocycles. The van der Waals surface area contributed by atoms with E-state index in [1.807, 2.05) is 48.5 Å². The van der Waals surface area contributed by atoms with Gasteiger partial charge in [0.25, 0.3) is 0 Å². The number of nitrogens with zero attached hydrogens (tertiary/aromatic N) is 5. The zero-order valence-corrected chi connectivity index (χ0v) is 19.9. The second-order valence-electron chi connectivity index (χ2n) is 8.14. The summed E-state index contributed by atoms with van der Waals surface area (Å²) in [6.45, 7) is 4.74. The molecule has 1 fully saturated rings. The van der Waals surface area contributed by atoms with E-state index >= 15 is 0 Å². The fourth-order valence-electron chi connectivity index (χ4n) is 4.04. The number of carbonyl (C=O) groups is 1. The number of rotatable bonds is 7.